The van der Waals surface area contributed by atoms with Crippen LogP contribution in [0.25, 0.3) is 0 Å². The maximum atomic E-state index is 10.7. The van der Waals surface area contributed by atoms with Crippen molar-refractivity contribution in [3.63, 3.8) is 0 Å². The van der Waals surface area contributed by atoms with Gasteiger partial charge < -0.3 is 9.66 Å². The van der Waals surface area contributed by atoms with Gasteiger partial charge in [0.2, 0.25) is 0 Å². The van der Waals surface area contributed by atoms with Crippen molar-refractivity contribution < 1.29 is 47.6 Å². The van der Waals surface area contributed by atoms with E-state index >= 15 is 0 Å². The maximum absolute atomic E-state index is 10.7. The summed E-state index contributed by atoms with van der Waals surface area (Å²) in [6, 6.07) is 0. The molecule has 70 valence electrons. The van der Waals surface area contributed by atoms with Crippen LogP contribution in [0.1, 0.15) is 25.7 Å². The minimum atomic E-state index is -4.53. The number of hydrogen-bond donors (Lipinski definition) is 1. The molecule has 0 aromatic carbocycles. The van der Waals surface area contributed by atoms with Crippen molar-refractivity contribution in [2.75, 3.05) is 0 Å². The number of hydrogen-bond acceptors (Lipinski definition) is 4. The van der Waals surface area contributed by atoms with E-state index in [9.17, 15) is 18.1 Å². The molecule has 2 saturated carbocycles. The van der Waals surface area contributed by atoms with Crippen LogP contribution in [0.3, 0.4) is 0 Å². The summed E-state index contributed by atoms with van der Waals surface area (Å²) >= 11 is 0. The van der Waals surface area contributed by atoms with Gasteiger partial charge in [-0.15, -0.1) is 0 Å². The quantitative estimate of drug-likeness (QED) is 0.374. The summed E-state index contributed by atoms with van der Waals surface area (Å²) in [5.74, 6) is -0.0475. The van der Waals surface area contributed by atoms with E-state index in [0.717, 1.165) is 6.42 Å². The standard InChI is InChI=1S/C7H12O4S.Na/c8-7(12(9,10)11)4-5-1-2-6(7)3-5;/h5-6,8H,1-4H2,(H,9,10,11);/q;+1/p-1. The molecule has 2 fully saturated rings. The summed E-state index contributed by atoms with van der Waals surface area (Å²) in [4.78, 5) is -1.93. The minimum absolute atomic E-state index is 0. The van der Waals surface area contributed by atoms with E-state index in [1.54, 1.807) is 0 Å². The van der Waals surface area contributed by atoms with Crippen LogP contribution in [0.4, 0.5) is 0 Å². The van der Waals surface area contributed by atoms with E-state index in [0.29, 0.717) is 12.8 Å². The Morgan fingerprint density at radius 3 is 2.23 bits per heavy atom. The average molecular weight is 214 g/mol. The first-order valence-electron chi connectivity index (χ1n) is 4.11. The molecule has 4 nitrogen and oxygen atoms in total. The van der Waals surface area contributed by atoms with Crippen molar-refractivity contribution in [2.24, 2.45) is 11.8 Å². The van der Waals surface area contributed by atoms with Crippen molar-refractivity contribution >= 4 is 10.1 Å². The zero-order valence-corrected chi connectivity index (χ0v) is 10.4. The molecule has 13 heavy (non-hydrogen) atoms. The molecule has 2 rings (SSSR count). The van der Waals surface area contributed by atoms with Crippen LogP contribution in [0, 0.1) is 11.8 Å². The normalized spacial score (nSPS) is 43.2. The minimum Gasteiger partial charge on any atom is -0.746 e. The number of fused-ring (bicyclic) bond motifs is 2. The van der Waals surface area contributed by atoms with Gasteiger partial charge in [0.15, 0.2) is 4.93 Å². The summed E-state index contributed by atoms with van der Waals surface area (Å²) in [5.41, 5.74) is 0. The molecule has 2 aliphatic rings. The zero-order chi connectivity index (χ0) is 8.98. The molecule has 0 aromatic rings. The van der Waals surface area contributed by atoms with Crippen LogP contribution in [0.15, 0.2) is 0 Å². The molecule has 0 aromatic heterocycles. The van der Waals surface area contributed by atoms with Crippen LogP contribution in [-0.4, -0.2) is 23.0 Å². The van der Waals surface area contributed by atoms with Crippen LogP contribution >= 0.6 is 0 Å². The zero-order valence-electron chi connectivity index (χ0n) is 7.56. The van der Waals surface area contributed by atoms with Gasteiger partial charge in [-0.2, -0.15) is 0 Å². The molecule has 3 unspecified atom stereocenters. The van der Waals surface area contributed by atoms with Gasteiger partial charge in [-0.3, -0.25) is 0 Å². The van der Waals surface area contributed by atoms with Gasteiger partial charge in [-0.25, -0.2) is 8.42 Å². The second kappa shape index (κ2) is 3.47. The van der Waals surface area contributed by atoms with Gasteiger partial charge in [-0.05, 0) is 31.6 Å². The van der Waals surface area contributed by atoms with E-state index in [1.165, 1.54) is 0 Å². The maximum Gasteiger partial charge on any atom is 1.00 e. The molecule has 6 heteroatoms. The Balaban J connectivity index is 0.000000845. The molecule has 2 aliphatic carbocycles. The van der Waals surface area contributed by atoms with Crippen molar-refractivity contribution in [3.8, 4) is 0 Å². The third-order valence-electron chi connectivity index (χ3n) is 3.19. The van der Waals surface area contributed by atoms with Gasteiger partial charge >= 0.3 is 29.6 Å². The molecule has 1 N–H and O–H groups in total. The van der Waals surface area contributed by atoms with E-state index < -0.39 is 15.1 Å². The Bertz CT molecular complexity index is 302. The topological polar surface area (TPSA) is 77.4 Å². The molecule has 2 bridgehead atoms. The molecule has 0 heterocycles. The van der Waals surface area contributed by atoms with Gasteiger partial charge in [-0.1, -0.05) is 0 Å². The second-order valence-electron chi connectivity index (χ2n) is 3.88. The van der Waals surface area contributed by atoms with Gasteiger partial charge in [0, 0.05) is 5.92 Å². The predicted octanol–water partition coefficient (Wildman–Crippen LogP) is -2.96. The summed E-state index contributed by atoms with van der Waals surface area (Å²) in [6.07, 6.45) is 2.51. The van der Waals surface area contributed by atoms with Gasteiger partial charge in [0.05, 0.1) is 0 Å². The van der Waals surface area contributed by atoms with Gasteiger partial charge in [0.25, 0.3) is 0 Å². The average Bonchev–Trinajstić information content (AvgIpc) is 2.43. The van der Waals surface area contributed by atoms with E-state index in [4.69, 9.17) is 0 Å². The van der Waals surface area contributed by atoms with Crippen molar-refractivity contribution in [3.05, 3.63) is 0 Å². The van der Waals surface area contributed by atoms with Crippen molar-refractivity contribution in [2.45, 2.75) is 30.6 Å². The Hall–Kier alpha value is 0.870. The summed E-state index contributed by atoms with van der Waals surface area (Å²) < 4.78 is 32.2. The third kappa shape index (κ3) is 1.70. The van der Waals surface area contributed by atoms with Crippen molar-refractivity contribution in [1.29, 1.82) is 0 Å². The van der Waals surface area contributed by atoms with Crippen LogP contribution in [0.5, 0.6) is 0 Å². The molecule has 0 saturated heterocycles. The summed E-state index contributed by atoms with van der Waals surface area (Å²) in [5, 5.41) is 9.62. The monoisotopic (exact) mass is 214 g/mol. The second-order valence-corrected chi connectivity index (χ2v) is 5.49. The predicted molar refractivity (Wildman–Crippen MR) is 40.1 cm³/mol. The summed E-state index contributed by atoms with van der Waals surface area (Å²) in [6.45, 7) is 0. The van der Waals surface area contributed by atoms with Gasteiger partial charge in [0.1, 0.15) is 10.1 Å². The summed E-state index contributed by atoms with van der Waals surface area (Å²) in [7, 11) is -4.53. The molecular weight excluding hydrogens is 203 g/mol. The Kier molecular flexibility index (Phi) is 3.18. The molecule has 0 amide bonds. The first-order chi connectivity index (χ1) is 5.43. The molecule has 0 spiro atoms. The van der Waals surface area contributed by atoms with E-state index in [2.05, 4.69) is 0 Å². The van der Waals surface area contributed by atoms with E-state index in [-0.39, 0.29) is 47.8 Å². The number of rotatable bonds is 1. The number of aliphatic hydroxyl groups is 1. The van der Waals surface area contributed by atoms with Crippen LogP contribution in [-0.2, 0) is 10.1 Å². The Labute approximate surface area is 99.8 Å². The molecule has 0 aliphatic heterocycles. The molecule has 3 atom stereocenters. The fraction of sp³-hybridized carbons (Fsp3) is 1.00. The third-order valence-corrected chi connectivity index (χ3v) is 4.56. The van der Waals surface area contributed by atoms with Crippen molar-refractivity contribution in [1.82, 2.24) is 0 Å². The van der Waals surface area contributed by atoms with Crippen LogP contribution in [0.2, 0.25) is 0 Å². The fourth-order valence-electron chi connectivity index (χ4n) is 2.56. The SMILES string of the molecule is O=S(=O)([O-])C1(O)CC2CCC1C2.[Na+]. The Morgan fingerprint density at radius 1 is 1.38 bits per heavy atom. The smallest absolute Gasteiger partial charge is 0.746 e. The molecular formula is C7H11NaO4S. The molecule has 0 radical (unpaired) electrons. The largest absolute Gasteiger partial charge is 1.00 e. The first-order valence-corrected chi connectivity index (χ1v) is 5.52. The first kappa shape index (κ1) is 11.9. The fourth-order valence-corrected chi connectivity index (χ4v) is 3.62. The van der Waals surface area contributed by atoms with E-state index in [1.807, 2.05) is 0 Å². The van der Waals surface area contributed by atoms with Crippen LogP contribution < -0.4 is 29.6 Å². The Morgan fingerprint density at radius 2 is 2.00 bits per heavy atom.